The highest BCUT2D eigenvalue weighted by Gasteiger charge is 2.26. The summed E-state index contributed by atoms with van der Waals surface area (Å²) in [6.45, 7) is 8.03. The molecule has 1 N–H and O–H groups in total. The first-order valence-corrected chi connectivity index (χ1v) is 6.38. The number of hydrogen-bond donors (Lipinski definition) is 1. The van der Waals surface area contributed by atoms with Crippen LogP contribution < -0.4 is 10.2 Å². The van der Waals surface area contributed by atoms with Gasteiger partial charge in [-0.1, -0.05) is 13.0 Å². The summed E-state index contributed by atoms with van der Waals surface area (Å²) < 4.78 is 14.0. The number of aryl methyl sites for hydroxylation is 1. The number of anilines is 1. The van der Waals surface area contributed by atoms with E-state index in [-0.39, 0.29) is 5.82 Å². The zero-order chi connectivity index (χ0) is 12.4. The van der Waals surface area contributed by atoms with Crippen LogP contribution in [0.15, 0.2) is 18.2 Å². The molecule has 1 aliphatic rings. The second-order valence-corrected chi connectivity index (χ2v) is 4.98. The number of nitrogens with zero attached hydrogens (tertiary/aromatic N) is 1. The van der Waals surface area contributed by atoms with Crippen LogP contribution in [0.25, 0.3) is 0 Å². The Morgan fingerprint density at radius 1 is 1.47 bits per heavy atom. The molecule has 3 heteroatoms. The Kier molecular flexibility index (Phi) is 3.67. The lowest BCUT2D eigenvalue weighted by Gasteiger charge is -2.40. The van der Waals surface area contributed by atoms with Crippen LogP contribution in [0.1, 0.15) is 25.8 Å². The molecule has 1 aliphatic heterocycles. The molecule has 2 nitrogen and oxygen atoms in total. The lowest BCUT2D eigenvalue weighted by molar-refractivity contribution is 0.398. The average Bonchev–Trinajstić information content (AvgIpc) is 2.29. The third kappa shape index (κ3) is 2.60. The molecule has 0 spiro atoms. The fourth-order valence-corrected chi connectivity index (χ4v) is 2.46. The molecule has 1 heterocycles. The van der Waals surface area contributed by atoms with E-state index in [2.05, 4.69) is 24.1 Å². The van der Waals surface area contributed by atoms with Crippen molar-refractivity contribution in [1.29, 1.82) is 0 Å². The van der Waals surface area contributed by atoms with E-state index in [9.17, 15) is 4.39 Å². The summed E-state index contributed by atoms with van der Waals surface area (Å²) in [6, 6.07) is 6.32. The van der Waals surface area contributed by atoms with E-state index in [0.717, 1.165) is 30.8 Å². The maximum absolute atomic E-state index is 14.0. The van der Waals surface area contributed by atoms with Gasteiger partial charge in [0.05, 0.1) is 5.69 Å². The number of hydrogen-bond acceptors (Lipinski definition) is 2. The lowest BCUT2D eigenvalue weighted by atomic mass is 10.1. The van der Waals surface area contributed by atoms with Crippen LogP contribution in [-0.2, 0) is 0 Å². The summed E-state index contributed by atoms with van der Waals surface area (Å²) >= 11 is 0. The van der Waals surface area contributed by atoms with Crippen LogP contribution in [0, 0.1) is 12.7 Å². The zero-order valence-corrected chi connectivity index (χ0v) is 10.8. The predicted molar refractivity (Wildman–Crippen MR) is 70.0 cm³/mol. The van der Waals surface area contributed by atoms with E-state index in [1.54, 1.807) is 6.07 Å². The maximum atomic E-state index is 14.0. The largest absolute Gasteiger partial charge is 0.363 e. The second-order valence-electron chi connectivity index (χ2n) is 4.98. The minimum absolute atomic E-state index is 0.0995. The SMILES string of the molecule is CCC1CNC(C)CN1c1ccc(C)cc1F. The monoisotopic (exact) mass is 236 g/mol. The molecule has 2 atom stereocenters. The Morgan fingerprint density at radius 2 is 2.24 bits per heavy atom. The molecule has 0 aromatic heterocycles. The summed E-state index contributed by atoms with van der Waals surface area (Å²) in [6.07, 6.45) is 1.03. The van der Waals surface area contributed by atoms with E-state index >= 15 is 0 Å². The van der Waals surface area contributed by atoms with Gasteiger partial charge in [0.25, 0.3) is 0 Å². The molecular weight excluding hydrogens is 215 g/mol. The van der Waals surface area contributed by atoms with E-state index in [4.69, 9.17) is 0 Å². The van der Waals surface area contributed by atoms with Crippen molar-refractivity contribution in [2.45, 2.75) is 39.3 Å². The number of nitrogens with one attached hydrogen (secondary N) is 1. The van der Waals surface area contributed by atoms with Crippen molar-refractivity contribution >= 4 is 5.69 Å². The van der Waals surface area contributed by atoms with Gasteiger partial charge in [0, 0.05) is 25.2 Å². The summed E-state index contributed by atoms with van der Waals surface area (Å²) in [7, 11) is 0. The first kappa shape index (κ1) is 12.4. The first-order valence-electron chi connectivity index (χ1n) is 6.38. The molecule has 1 aromatic rings. The molecule has 0 amide bonds. The molecule has 2 unspecified atom stereocenters. The summed E-state index contributed by atoms with van der Waals surface area (Å²) in [5, 5.41) is 3.45. The Bertz CT molecular complexity index is 392. The van der Waals surface area contributed by atoms with Crippen LogP contribution >= 0.6 is 0 Å². The molecule has 0 bridgehead atoms. The van der Waals surface area contributed by atoms with Crippen molar-refractivity contribution in [2.24, 2.45) is 0 Å². The topological polar surface area (TPSA) is 15.3 Å². The minimum Gasteiger partial charge on any atom is -0.363 e. The van der Waals surface area contributed by atoms with E-state index < -0.39 is 0 Å². The highest BCUT2D eigenvalue weighted by atomic mass is 19.1. The smallest absolute Gasteiger partial charge is 0.146 e. The van der Waals surface area contributed by atoms with Gasteiger partial charge in [-0.25, -0.2) is 4.39 Å². The van der Waals surface area contributed by atoms with Gasteiger partial charge in [-0.05, 0) is 38.0 Å². The molecular formula is C14H21FN2. The lowest BCUT2D eigenvalue weighted by Crippen LogP contribution is -2.55. The quantitative estimate of drug-likeness (QED) is 0.849. The van der Waals surface area contributed by atoms with Crippen molar-refractivity contribution in [3.8, 4) is 0 Å². The maximum Gasteiger partial charge on any atom is 0.146 e. The molecule has 1 saturated heterocycles. The van der Waals surface area contributed by atoms with Gasteiger partial charge < -0.3 is 10.2 Å². The number of piperazine rings is 1. The van der Waals surface area contributed by atoms with E-state index in [0.29, 0.717) is 12.1 Å². The van der Waals surface area contributed by atoms with Crippen molar-refractivity contribution in [3.05, 3.63) is 29.6 Å². The van der Waals surface area contributed by atoms with Gasteiger partial charge in [-0.15, -0.1) is 0 Å². The predicted octanol–water partition coefficient (Wildman–Crippen LogP) is 2.71. The Balaban J connectivity index is 2.28. The fraction of sp³-hybridized carbons (Fsp3) is 0.571. The Morgan fingerprint density at radius 3 is 2.88 bits per heavy atom. The summed E-state index contributed by atoms with van der Waals surface area (Å²) in [5.41, 5.74) is 1.72. The van der Waals surface area contributed by atoms with Crippen molar-refractivity contribution < 1.29 is 4.39 Å². The van der Waals surface area contributed by atoms with Crippen LogP contribution in [0.2, 0.25) is 0 Å². The molecule has 2 rings (SSSR count). The molecule has 94 valence electrons. The highest BCUT2D eigenvalue weighted by Crippen LogP contribution is 2.25. The van der Waals surface area contributed by atoms with Gasteiger partial charge in [-0.2, -0.15) is 0 Å². The Hall–Kier alpha value is -1.09. The van der Waals surface area contributed by atoms with Crippen LogP contribution in [0.3, 0.4) is 0 Å². The summed E-state index contributed by atoms with van der Waals surface area (Å²) in [5.74, 6) is -0.0995. The van der Waals surface area contributed by atoms with Gasteiger partial charge in [-0.3, -0.25) is 0 Å². The normalized spacial score (nSPS) is 25.1. The molecule has 17 heavy (non-hydrogen) atoms. The Labute approximate surface area is 103 Å². The number of benzene rings is 1. The summed E-state index contributed by atoms with van der Waals surface area (Å²) in [4.78, 5) is 2.20. The minimum atomic E-state index is -0.0995. The van der Waals surface area contributed by atoms with Gasteiger partial charge in [0.15, 0.2) is 0 Å². The molecule has 0 saturated carbocycles. The van der Waals surface area contributed by atoms with E-state index in [1.807, 2.05) is 19.1 Å². The highest BCUT2D eigenvalue weighted by molar-refractivity contribution is 5.50. The third-order valence-electron chi connectivity index (χ3n) is 3.50. The van der Waals surface area contributed by atoms with Gasteiger partial charge in [0.1, 0.15) is 5.82 Å². The standard InChI is InChI=1S/C14H21FN2/c1-4-12-8-16-11(3)9-17(12)14-6-5-10(2)7-13(14)15/h5-7,11-12,16H,4,8-9H2,1-3H3. The number of halogens is 1. The number of rotatable bonds is 2. The van der Waals surface area contributed by atoms with Crippen LogP contribution in [0.4, 0.5) is 10.1 Å². The fourth-order valence-electron chi connectivity index (χ4n) is 2.46. The zero-order valence-electron chi connectivity index (χ0n) is 10.8. The van der Waals surface area contributed by atoms with E-state index in [1.165, 1.54) is 0 Å². The van der Waals surface area contributed by atoms with Gasteiger partial charge in [0.2, 0.25) is 0 Å². The average molecular weight is 236 g/mol. The molecule has 0 radical (unpaired) electrons. The second kappa shape index (κ2) is 5.05. The van der Waals surface area contributed by atoms with Crippen molar-refractivity contribution in [3.63, 3.8) is 0 Å². The third-order valence-corrected chi connectivity index (χ3v) is 3.50. The van der Waals surface area contributed by atoms with Crippen LogP contribution in [-0.4, -0.2) is 25.2 Å². The van der Waals surface area contributed by atoms with Gasteiger partial charge >= 0.3 is 0 Å². The molecule has 1 aromatic carbocycles. The van der Waals surface area contributed by atoms with Crippen molar-refractivity contribution in [2.75, 3.05) is 18.0 Å². The van der Waals surface area contributed by atoms with Crippen LogP contribution in [0.5, 0.6) is 0 Å². The molecule has 0 aliphatic carbocycles. The first-order chi connectivity index (χ1) is 8.11. The molecule has 1 fully saturated rings. The van der Waals surface area contributed by atoms with Crippen molar-refractivity contribution in [1.82, 2.24) is 5.32 Å².